The van der Waals surface area contributed by atoms with Crippen molar-refractivity contribution in [3.63, 3.8) is 0 Å². The lowest BCUT2D eigenvalue weighted by atomic mass is 10.1. The molecule has 2 N–H and O–H groups in total. The van der Waals surface area contributed by atoms with Gasteiger partial charge in [0.15, 0.2) is 0 Å². The van der Waals surface area contributed by atoms with Crippen molar-refractivity contribution >= 4 is 38.7 Å². The third kappa shape index (κ3) is 4.33. The molecule has 0 aliphatic carbocycles. The molecule has 0 spiro atoms. The zero-order valence-electron chi connectivity index (χ0n) is 14.1. The van der Waals surface area contributed by atoms with Crippen molar-refractivity contribution in [1.82, 2.24) is 15.3 Å². The molecular weight excluding hydrogens is 380 g/mol. The molecule has 0 saturated heterocycles. The van der Waals surface area contributed by atoms with Crippen LogP contribution in [0.4, 0.5) is 10.5 Å². The third-order valence-corrected chi connectivity index (χ3v) is 4.74. The average Bonchev–Trinajstić information content (AvgIpc) is 2.58. The molecule has 6 heteroatoms. The Kier molecular flexibility index (Phi) is 5.28. The van der Waals surface area contributed by atoms with Crippen LogP contribution in [0.3, 0.4) is 0 Å². The summed E-state index contributed by atoms with van der Waals surface area (Å²) >= 11 is 3.51. The van der Waals surface area contributed by atoms with Crippen molar-refractivity contribution in [2.45, 2.75) is 20.3 Å². The van der Waals surface area contributed by atoms with Crippen LogP contribution in [0, 0.1) is 13.8 Å². The number of benzene rings is 2. The Balaban J connectivity index is 1.60. The molecular formula is C19H19BrN4O. The van der Waals surface area contributed by atoms with Crippen molar-refractivity contribution in [3.8, 4) is 0 Å². The van der Waals surface area contributed by atoms with E-state index in [-0.39, 0.29) is 6.03 Å². The number of carbonyl (C=O) groups is 1. The van der Waals surface area contributed by atoms with E-state index < -0.39 is 0 Å². The average molecular weight is 399 g/mol. The molecule has 25 heavy (non-hydrogen) atoms. The lowest BCUT2D eigenvalue weighted by Crippen LogP contribution is -2.30. The lowest BCUT2D eigenvalue weighted by Gasteiger charge is -2.09. The van der Waals surface area contributed by atoms with Gasteiger partial charge in [0, 0.05) is 16.7 Å². The van der Waals surface area contributed by atoms with Gasteiger partial charge in [0.05, 0.1) is 22.4 Å². The minimum Gasteiger partial charge on any atom is -0.338 e. The Bertz CT molecular complexity index is 926. The predicted octanol–water partition coefficient (Wildman–Crippen LogP) is 4.37. The number of urea groups is 1. The fourth-order valence-corrected chi connectivity index (χ4v) is 2.98. The number of nitrogens with zero attached hydrogens (tertiary/aromatic N) is 2. The minimum absolute atomic E-state index is 0.233. The zero-order valence-corrected chi connectivity index (χ0v) is 15.7. The van der Waals surface area contributed by atoms with Gasteiger partial charge in [-0.15, -0.1) is 0 Å². The standard InChI is InChI=1S/C19H19BrN4O/c1-12-13(2)23-18-11-15(7-8-17(18)22-12)24-19(25)21-10-9-14-5-3-4-6-16(14)20/h3-8,11H,9-10H2,1-2H3,(H2,21,24,25). The topological polar surface area (TPSA) is 66.9 Å². The van der Waals surface area contributed by atoms with E-state index in [9.17, 15) is 4.79 Å². The van der Waals surface area contributed by atoms with E-state index in [2.05, 4.69) is 36.5 Å². The number of nitrogens with one attached hydrogen (secondary N) is 2. The van der Waals surface area contributed by atoms with Crippen molar-refractivity contribution in [3.05, 3.63) is 63.9 Å². The van der Waals surface area contributed by atoms with E-state index in [1.807, 2.05) is 56.3 Å². The van der Waals surface area contributed by atoms with Gasteiger partial charge in [-0.3, -0.25) is 0 Å². The van der Waals surface area contributed by atoms with Crippen LogP contribution in [0.15, 0.2) is 46.9 Å². The van der Waals surface area contributed by atoms with Crippen LogP contribution in [-0.2, 0) is 6.42 Å². The number of aromatic nitrogens is 2. The molecule has 0 radical (unpaired) electrons. The summed E-state index contributed by atoms with van der Waals surface area (Å²) in [4.78, 5) is 21.1. The van der Waals surface area contributed by atoms with Crippen molar-refractivity contribution in [1.29, 1.82) is 0 Å². The molecule has 3 aromatic rings. The van der Waals surface area contributed by atoms with E-state index in [1.165, 1.54) is 0 Å². The van der Waals surface area contributed by atoms with Crippen LogP contribution in [-0.4, -0.2) is 22.5 Å². The number of hydrogen-bond acceptors (Lipinski definition) is 3. The van der Waals surface area contributed by atoms with Gasteiger partial charge in [-0.2, -0.15) is 0 Å². The van der Waals surface area contributed by atoms with Gasteiger partial charge < -0.3 is 10.6 Å². The highest BCUT2D eigenvalue weighted by atomic mass is 79.9. The first-order valence-corrected chi connectivity index (χ1v) is 8.85. The van der Waals surface area contributed by atoms with E-state index in [0.29, 0.717) is 12.2 Å². The van der Waals surface area contributed by atoms with E-state index in [0.717, 1.165) is 38.9 Å². The van der Waals surface area contributed by atoms with E-state index in [1.54, 1.807) is 0 Å². The summed E-state index contributed by atoms with van der Waals surface area (Å²) in [5.41, 5.74) is 5.26. The molecule has 5 nitrogen and oxygen atoms in total. The van der Waals surface area contributed by atoms with E-state index in [4.69, 9.17) is 0 Å². The molecule has 2 aromatic carbocycles. The molecule has 2 amide bonds. The highest BCUT2D eigenvalue weighted by Gasteiger charge is 2.06. The first-order chi connectivity index (χ1) is 12.0. The summed E-state index contributed by atoms with van der Waals surface area (Å²) in [6, 6.07) is 13.3. The van der Waals surface area contributed by atoms with Crippen LogP contribution in [0.2, 0.25) is 0 Å². The first kappa shape index (κ1) is 17.4. The second-order valence-electron chi connectivity index (χ2n) is 5.82. The van der Waals surface area contributed by atoms with Crippen molar-refractivity contribution in [2.24, 2.45) is 0 Å². The molecule has 0 atom stereocenters. The number of carbonyl (C=O) groups excluding carboxylic acids is 1. The van der Waals surface area contributed by atoms with Crippen LogP contribution in [0.1, 0.15) is 17.0 Å². The summed E-state index contributed by atoms with van der Waals surface area (Å²) in [7, 11) is 0. The zero-order chi connectivity index (χ0) is 17.8. The molecule has 0 saturated carbocycles. The SMILES string of the molecule is Cc1nc2ccc(NC(=O)NCCc3ccccc3Br)cc2nc1C. The van der Waals surface area contributed by atoms with Gasteiger partial charge in [-0.05, 0) is 50.1 Å². The second kappa shape index (κ2) is 7.61. The van der Waals surface area contributed by atoms with Gasteiger partial charge in [0.25, 0.3) is 0 Å². The summed E-state index contributed by atoms with van der Waals surface area (Å²) < 4.78 is 1.05. The summed E-state index contributed by atoms with van der Waals surface area (Å²) in [5, 5.41) is 5.71. The normalized spacial score (nSPS) is 10.7. The predicted molar refractivity (Wildman–Crippen MR) is 104 cm³/mol. The number of aryl methyl sites for hydroxylation is 2. The Morgan fingerprint density at radius 1 is 1.04 bits per heavy atom. The summed E-state index contributed by atoms with van der Waals surface area (Å²) in [6.07, 6.45) is 0.760. The van der Waals surface area contributed by atoms with Gasteiger partial charge in [-0.25, -0.2) is 14.8 Å². The maximum absolute atomic E-state index is 12.1. The fourth-order valence-electron chi connectivity index (χ4n) is 2.50. The number of anilines is 1. The van der Waals surface area contributed by atoms with Gasteiger partial charge in [0.1, 0.15) is 0 Å². The van der Waals surface area contributed by atoms with Crippen molar-refractivity contribution < 1.29 is 4.79 Å². The summed E-state index contributed by atoms with van der Waals surface area (Å²) in [6.45, 7) is 4.42. The molecule has 0 bridgehead atoms. The van der Waals surface area contributed by atoms with Crippen LogP contribution < -0.4 is 10.6 Å². The molecule has 0 aliphatic rings. The van der Waals surface area contributed by atoms with Gasteiger partial charge >= 0.3 is 6.03 Å². The molecule has 0 unspecified atom stereocenters. The Labute approximate surface area is 155 Å². The number of rotatable bonds is 4. The maximum atomic E-state index is 12.1. The van der Waals surface area contributed by atoms with Crippen LogP contribution >= 0.6 is 15.9 Å². The fraction of sp³-hybridized carbons (Fsp3) is 0.211. The first-order valence-electron chi connectivity index (χ1n) is 8.06. The molecule has 128 valence electrons. The maximum Gasteiger partial charge on any atom is 0.319 e. The van der Waals surface area contributed by atoms with Crippen LogP contribution in [0.5, 0.6) is 0 Å². The number of halogens is 1. The number of amides is 2. The summed E-state index contributed by atoms with van der Waals surface area (Å²) in [5.74, 6) is 0. The second-order valence-corrected chi connectivity index (χ2v) is 6.67. The minimum atomic E-state index is -0.233. The number of hydrogen-bond donors (Lipinski definition) is 2. The Morgan fingerprint density at radius 2 is 1.76 bits per heavy atom. The molecule has 0 aliphatic heterocycles. The largest absolute Gasteiger partial charge is 0.338 e. The van der Waals surface area contributed by atoms with Crippen molar-refractivity contribution in [2.75, 3.05) is 11.9 Å². The monoisotopic (exact) mass is 398 g/mol. The molecule has 0 fully saturated rings. The highest BCUT2D eigenvalue weighted by Crippen LogP contribution is 2.18. The Hall–Kier alpha value is -2.47. The molecule has 1 heterocycles. The smallest absolute Gasteiger partial charge is 0.319 e. The van der Waals surface area contributed by atoms with Gasteiger partial charge in [-0.1, -0.05) is 34.1 Å². The quantitative estimate of drug-likeness (QED) is 0.685. The van der Waals surface area contributed by atoms with Crippen LogP contribution in [0.25, 0.3) is 11.0 Å². The Morgan fingerprint density at radius 3 is 2.52 bits per heavy atom. The van der Waals surface area contributed by atoms with E-state index >= 15 is 0 Å². The molecule has 1 aromatic heterocycles. The third-order valence-electron chi connectivity index (χ3n) is 3.97. The number of fused-ring (bicyclic) bond motifs is 1. The highest BCUT2D eigenvalue weighted by molar-refractivity contribution is 9.10. The molecule has 3 rings (SSSR count). The van der Waals surface area contributed by atoms with Gasteiger partial charge in [0.2, 0.25) is 0 Å². The lowest BCUT2D eigenvalue weighted by molar-refractivity contribution is 0.252.